The molecule has 112 valence electrons. The largest absolute Gasteiger partial charge is 0.444 e. The lowest BCUT2D eigenvalue weighted by atomic mass is 10.2. The summed E-state index contributed by atoms with van der Waals surface area (Å²) in [7, 11) is 0. The molecule has 1 fully saturated rings. The van der Waals surface area contributed by atoms with Crippen molar-refractivity contribution in [1.29, 1.82) is 0 Å². The van der Waals surface area contributed by atoms with Crippen LogP contribution in [0.4, 0.5) is 4.79 Å². The molecule has 6 heteroatoms. The molecule has 1 amide bonds. The van der Waals surface area contributed by atoms with E-state index in [1.54, 1.807) is 29.7 Å². The van der Waals surface area contributed by atoms with Crippen molar-refractivity contribution < 1.29 is 14.6 Å². The second kappa shape index (κ2) is 7.19. The Morgan fingerprint density at radius 2 is 1.75 bits per heavy atom. The quantitative estimate of drug-likeness (QED) is 0.785. The van der Waals surface area contributed by atoms with Gasteiger partial charge in [-0.3, -0.25) is 9.97 Å². The number of carbonyl (C=O) groups is 1. The Balaban J connectivity index is 0.000000276. The molecular weight excluding hydrogens is 258 g/mol. The molecule has 0 radical (unpaired) electrons. The van der Waals surface area contributed by atoms with Gasteiger partial charge in [-0.1, -0.05) is 0 Å². The van der Waals surface area contributed by atoms with E-state index in [0.29, 0.717) is 13.0 Å². The number of aliphatic hydroxyl groups is 1. The highest BCUT2D eigenvalue weighted by Crippen LogP contribution is 2.20. The monoisotopic (exact) mass is 281 g/mol. The number of ether oxygens (including phenoxy) is 1. The lowest BCUT2D eigenvalue weighted by Crippen LogP contribution is -2.39. The van der Waals surface area contributed by atoms with Crippen LogP contribution in [0, 0.1) is 0 Å². The molecule has 0 bridgehead atoms. The number of aliphatic hydroxyl groups excluding tert-OH is 1. The fraction of sp³-hybridized carbons (Fsp3) is 0.643. The first-order valence-electron chi connectivity index (χ1n) is 6.67. The van der Waals surface area contributed by atoms with Crippen molar-refractivity contribution in [2.75, 3.05) is 6.54 Å². The van der Waals surface area contributed by atoms with Gasteiger partial charge < -0.3 is 14.7 Å². The van der Waals surface area contributed by atoms with Gasteiger partial charge in [0.25, 0.3) is 0 Å². The zero-order valence-electron chi connectivity index (χ0n) is 12.5. The van der Waals surface area contributed by atoms with Gasteiger partial charge in [0, 0.05) is 30.8 Å². The molecule has 1 saturated heterocycles. The summed E-state index contributed by atoms with van der Waals surface area (Å²) in [5.41, 5.74) is -0.468. The molecule has 1 aliphatic rings. The van der Waals surface area contributed by atoms with Crippen molar-refractivity contribution in [3.05, 3.63) is 24.8 Å². The molecule has 20 heavy (non-hydrogen) atoms. The predicted octanol–water partition coefficient (Wildman–Crippen LogP) is 1.85. The highest BCUT2D eigenvalue weighted by molar-refractivity contribution is 5.69. The third kappa shape index (κ3) is 5.97. The van der Waals surface area contributed by atoms with Gasteiger partial charge in [0.15, 0.2) is 0 Å². The van der Waals surface area contributed by atoms with Crippen molar-refractivity contribution >= 4 is 6.09 Å². The zero-order chi connectivity index (χ0) is 15.2. The Morgan fingerprint density at radius 1 is 1.25 bits per heavy atom. The molecule has 2 heterocycles. The maximum absolute atomic E-state index is 11.6. The summed E-state index contributed by atoms with van der Waals surface area (Å²) in [5.74, 6) is 0. The van der Waals surface area contributed by atoms with E-state index in [1.807, 2.05) is 27.7 Å². The zero-order valence-corrected chi connectivity index (χ0v) is 12.5. The normalized spacial score (nSPS) is 21.9. The fourth-order valence-corrected chi connectivity index (χ4v) is 1.83. The summed E-state index contributed by atoms with van der Waals surface area (Å²) in [4.78, 5) is 20.6. The van der Waals surface area contributed by atoms with Crippen molar-refractivity contribution in [2.45, 2.75) is 51.9 Å². The van der Waals surface area contributed by atoms with Crippen LogP contribution in [-0.4, -0.2) is 50.4 Å². The minimum atomic E-state index is -0.468. The SMILES string of the molecule is C[C@H]1C[C@H](O)CN1C(=O)OC(C)(C)C.c1cnccn1. The summed E-state index contributed by atoms with van der Waals surface area (Å²) in [6.07, 6.45) is 6.46. The topological polar surface area (TPSA) is 75.5 Å². The Hall–Kier alpha value is -1.69. The Kier molecular flexibility index (Phi) is 5.88. The van der Waals surface area contributed by atoms with Crippen molar-refractivity contribution in [3.63, 3.8) is 0 Å². The fourth-order valence-electron chi connectivity index (χ4n) is 1.83. The summed E-state index contributed by atoms with van der Waals surface area (Å²) in [6, 6.07) is 0.0693. The third-order valence-corrected chi connectivity index (χ3v) is 2.66. The van der Waals surface area contributed by atoms with E-state index in [0.717, 1.165) is 0 Å². The minimum Gasteiger partial charge on any atom is -0.444 e. The van der Waals surface area contributed by atoms with E-state index in [9.17, 15) is 9.90 Å². The number of likely N-dealkylation sites (tertiary alicyclic amines) is 1. The van der Waals surface area contributed by atoms with Crippen LogP contribution in [0.2, 0.25) is 0 Å². The minimum absolute atomic E-state index is 0.0693. The number of hydrogen-bond donors (Lipinski definition) is 1. The Bertz CT molecular complexity index is 379. The number of aromatic nitrogens is 2. The molecule has 0 aliphatic carbocycles. The van der Waals surface area contributed by atoms with E-state index in [2.05, 4.69) is 9.97 Å². The summed E-state index contributed by atoms with van der Waals surface area (Å²) < 4.78 is 5.22. The van der Waals surface area contributed by atoms with E-state index < -0.39 is 11.7 Å². The van der Waals surface area contributed by atoms with Gasteiger partial charge in [-0.2, -0.15) is 0 Å². The third-order valence-electron chi connectivity index (χ3n) is 2.66. The lowest BCUT2D eigenvalue weighted by Gasteiger charge is -2.26. The molecule has 1 N–H and O–H groups in total. The number of nitrogens with zero attached hydrogens (tertiary/aromatic N) is 3. The molecule has 0 unspecified atom stereocenters. The molecule has 0 saturated carbocycles. The van der Waals surface area contributed by atoms with Crippen LogP contribution in [0.25, 0.3) is 0 Å². The number of hydrogen-bond acceptors (Lipinski definition) is 5. The first-order chi connectivity index (χ1) is 9.29. The molecular formula is C14H23N3O3. The van der Waals surface area contributed by atoms with E-state index in [-0.39, 0.29) is 12.1 Å². The smallest absolute Gasteiger partial charge is 0.410 e. The maximum atomic E-state index is 11.6. The number of rotatable bonds is 0. The van der Waals surface area contributed by atoms with Crippen LogP contribution in [0.1, 0.15) is 34.1 Å². The van der Waals surface area contributed by atoms with Gasteiger partial charge in [0.2, 0.25) is 0 Å². The van der Waals surface area contributed by atoms with Crippen molar-refractivity contribution in [3.8, 4) is 0 Å². The van der Waals surface area contributed by atoms with Crippen LogP contribution >= 0.6 is 0 Å². The van der Waals surface area contributed by atoms with Gasteiger partial charge in [0.05, 0.1) is 12.6 Å². The molecule has 1 aromatic rings. The number of amides is 1. The highest BCUT2D eigenvalue weighted by Gasteiger charge is 2.33. The van der Waals surface area contributed by atoms with Gasteiger partial charge in [0.1, 0.15) is 5.60 Å². The number of carbonyl (C=O) groups excluding carboxylic acids is 1. The van der Waals surface area contributed by atoms with Gasteiger partial charge in [-0.25, -0.2) is 4.79 Å². The summed E-state index contributed by atoms with van der Waals surface area (Å²) in [5, 5.41) is 9.37. The molecule has 1 aliphatic heterocycles. The predicted molar refractivity (Wildman–Crippen MR) is 75.1 cm³/mol. The Labute approximate surface area is 119 Å². The number of β-amino-alcohol motifs (C(OH)–C–C–N with tert-alkyl or cyclic N) is 1. The molecule has 0 aromatic carbocycles. The molecule has 2 rings (SSSR count). The van der Waals surface area contributed by atoms with Gasteiger partial charge in [-0.05, 0) is 34.1 Å². The van der Waals surface area contributed by atoms with E-state index >= 15 is 0 Å². The van der Waals surface area contributed by atoms with Crippen LogP contribution < -0.4 is 0 Å². The molecule has 0 spiro atoms. The maximum Gasteiger partial charge on any atom is 0.410 e. The average Bonchev–Trinajstić information content (AvgIpc) is 2.69. The molecule has 2 atom stereocenters. The van der Waals surface area contributed by atoms with E-state index in [4.69, 9.17) is 4.74 Å². The van der Waals surface area contributed by atoms with Crippen molar-refractivity contribution in [1.82, 2.24) is 14.9 Å². The van der Waals surface area contributed by atoms with Crippen molar-refractivity contribution in [2.24, 2.45) is 0 Å². The van der Waals surface area contributed by atoms with E-state index in [1.165, 1.54) is 0 Å². The lowest BCUT2D eigenvalue weighted by molar-refractivity contribution is 0.0220. The second-order valence-corrected chi connectivity index (χ2v) is 5.77. The standard InChI is InChI=1S/C10H19NO3.C4H4N2/c1-7-5-8(12)6-11(7)9(13)14-10(2,3)4;1-2-6-4-3-5-1/h7-8,12H,5-6H2,1-4H3;1-4H/t7-,8-;/m0./s1. The first-order valence-corrected chi connectivity index (χ1v) is 6.67. The summed E-state index contributed by atoms with van der Waals surface area (Å²) >= 11 is 0. The van der Waals surface area contributed by atoms with Crippen LogP contribution in [0.5, 0.6) is 0 Å². The average molecular weight is 281 g/mol. The van der Waals surface area contributed by atoms with Crippen LogP contribution in [0.15, 0.2) is 24.8 Å². The van der Waals surface area contributed by atoms with Crippen LogP contribution in [-0.2, 0) is 4.74 Å². The summed E-state index contributed by atoms with van der Waals surface area (Å²) in [6.45, 7) is 7.81. The van der Waals surface area contributed by atoms with Gasteiger partial charge in [-0.15, -0.1) is 0 Å². The van der Waals surface area contributed by atoms with Gasteiger partial charge >= 0.3 is 6.09 Å². The Morgan fingerprint density at radius 3 is 2.05 bits per heavy atom. The molecule has 1 aromatic heterocycles. The first kappa shape index (κ1) is 16.4. The molecule has 6 nitrogen and oxygen atoms in total. The van der Waals surface area contributed by atoms with Crippen LogP contribution in [0.3, 0.4) is 0 Å². The highest BCUT2D eigenvalue weighted by atomic mass is 16.6. The second-order valence-electron chi connectivity index (χ2n) is 5.77.